The summed E-state index contributed by atoms with van der Waals surface area (Å²) >= 11 is -1.44. The number of unbranched alkanes of at least 4 members (excludes halogenated alkanes) is 12. The molecule has 0 aliphatic heterocycles. The van der Waals surface area contributed by atoms with Crippen LogP contribution in [0.4, 0.5) is 0 Å². The quantitative estimate of drug-likeness (QED) is 0.0890. The van der Waals surface area contributed by atoms with Crippen molar-refractivity contribution in [3.05, 3.63) is 36.7 Å². The molecule has 0 unspecified atom stereocenters. The number of hydrogen-bond donors (Lipinski definition) is 0. The van der Waals surface area contributed by atoms with Gasteiger partial charge in [-0.25, -0.2) is 9.97 Å². The van der Waals surface area contributed by atoms with Crippen molar-refractivity contribution in [1.82, 2.24) is 9.97 Å². The minimum Gasteiger partial charge on any atom is -0.233 e. The van der Waals surface area contributed by atoms with Crippen LogP contribution in [-0.2, 0) is 0 Å². The van der Waals surface area contributed by atoms with E-state index in [0.29, 0.717) is 0 Å². The summed E-state index contributed by atoms with van der Waals surface area (Å²) in [5, 5.41) is 6.13. The van der Waals surface area contributed by atoms with E-state index in [1.807, 2.05) is 24.3 Å². The molecule has 0 N–H and O–H groups in total. The Bertz CT molecular complexity index is 829. The van der Waals surface area contributed by atoms with Gasteiger partial charge in [-0.2, -0.15) is 0 Å². The third-order valence-corrected chi connectivity index (χ3v) is 21.0. The monoisotopic (exact) mass is 600 g/mol. The summed E-state index contributed by atoms with van der Waals surface area (Å²) < 4.78 is 11.8. The van der Waals surface area contributed by atoms with Gasteiger partial charge in [0, 0.05) is 5.56 Å². The van der Waals surface area contributed by atoms with Crippen LogP contribution in [0.2, 0.25) is 21.0 Å². The van der Waals surface area contributed by atoms with Crippen molar-refractivity contribution in [2.75, 3.05) is 13.2 Å². The van der Waals surface area contributed by atoms with Crippen LogP contribution < -0.4 is 9.47 Å². The summed E-state index contributed by atoms with van der Waals surface area (Å²) in [7, 11) is 0. The normalized spacial score (nSPS) is 11.6. The zero-order valence-electron chi connectivity index (χ0n) is 25.8. The summed E-state index contributed by atoms with van der Waals surface area (Å²) in [5.74, 6) is 2.39. The summed E-state index contributed by atoms with van der Waals surface area (Å²) in [6.07, 6.45) is 22.0. The van der Waals surface area contributed by atoms with Gasteiger partial charge in [0.2, 0.25) is 0 Å². The van der Waals surface area contributed by atoms with Gasteiger partial charge in [0.1, 0.15) is 0 Å². The summed E-state index contributed by atoms with van der Waals surface area (Å²) in [6, 6.07) is 8.13. The third kappa shape index (κ3) is 14.1. The van der Waals surface area contributed by atoms with Crippen molar-refractivity contribution in [3.8, 4) is 22.9 Å². The fourth-order valence-corrected chi connectivity index (χ4v) is 12.9. The molecule has 220 valence electrons. The molecule has 0 fully saturated rings. The second-order valence-corrected chi connectivity index (χ2v) is 23.2. The first kappa shape index (κ1) is 33.6. The van der Waals surface area contributed by atoms with Crippen LogP contribution in [0, 0.1) is 0 Å². The van der Waals surface area contributed by atoms with Crippen LogP contribution in [0.3, 0.4) is 0 Å². The van der Waals surface area contributed by atoms with Gasteiger partial charge in [0.25, 0.3) is 0 Å². The van der Waals surface area contributed by atoms with Gasteiger partial charge >= 0.3 is 135 Å². The number of rotatable bonds is 24. The molecule has 0 bridgehead atoms. The van der Waals surface area contributed by atoms with Gasteiger partial charge in [-0.3, -0.25) is 0 Å². The van der Waals surface area contributed by atoms with E-state index in [1.165, 1.54) is 92.8 Å². The molecular weight excluding hydrogens is 541 g/mol. The Balaban J connectivity index is 1.55. The van der Waals surface area contributed by atoms with Crippen LogP contribution in [0.25, 0.3) is 11.4 Å². The van der Waals surface area contributed by atoms with Crippen molar-refractivity contribution in [2.45, 2.75) is 139 Å². The van der Waals surface area contributed by atoms with Gasteiger partial charge in [0.05, 0.1) is 19.0 Å². The number of nitrogens with zero attached hydrogens (tertiary/aromatic N) is 2. The number of benzene rings is 1. The molecule has 0 saturated carbocycles. The minimum absolute atomic E-state index is 0.721. The van der Waals surface area contributed by atoms with E-state index in [2.05, 4.69) is 37.7 Å². The average Bonchev–Trinajstić information content (AvgIpc) is 2.98. The van der Waals surface area contributed by atoms with E-state index < -0.39 is 13.3 Å². The number of aromatic nitrogens is 2. The summed E-state index contributed by atoms with van der Waals surface area (Å²) in [6.45, 7) is 11.1. The molecule has 0 radical (unpaired) electrons. The Morgan fingerprint density at radius 3 is 1.51 bits per heavy atom. The Hall–Kier alpha value is -1.56. The molecule has 1 aromatic carbocycles. The van der Waals surface area contributed by atoms with Crippen molar-refractivity contribution in [2.24, 2.45) is 0 Å². The van der Waals surface area contributed by atoms with Crippen molar-refractivity contribution in [1.29, 1.82) is 0 Å². The van der Waals surface area contributed by atoms with E-state index in [0.717, 1.165) is 48.9 Å². The second-order valence-electron chi connectivity index (χ2n) is 11.4. The molecule has 4 nitrogen and oxygen atoms in total. The predicted octanol–water partition coefficient (Wildman–Crippen LogP) is 10.9. The molecule has 2 rings (SSSR count). The SMILES string of the molecule is CCCCCCCCCCOc1cnc(-c2ccc(OCCCCCCC[CH2][Ge]([CH2]C)([CH2]C)[CH2]C)cc2)nc1. The molecule has 0 saturated heterocycles. The van der Waals surface area contributed by atoms with Gasteiger partial charge in [-0.15, -0.1) is 0 Å². The Morgan fingerprint density at radius 1 is 0.538 bits per heavy atom. The van der Waals surface area contributed by atoms with E-state index in [4.69, 9.17) is 9.47 Å². The number of ether oxygens (including phenoxy) is 2. The number of hydrogen-bond acceptors (Lipinski definition) is 4. The minimum atomic E-state index is -1.44. The molecule has 2 aromatic rings. The standard InChI is InChI=1S/C34H58GeN2O2/c1-5-9-10-11-12-14-17-21-28-39-33-29-36-34(37-30-33)31-22-24-32(25-23-31)38-27-20-18-15-13-16-19-26-35(6-2,7-3)8-4/h22-25,29-30H,5-21,26-28H2,1-4H3. The maximum atomic E-state index is 5.98. The van der Waals surface area contributed by atoms with Crippen molar-refractivity contribution in [3.63, 3.8) is 0 Å². The molecule has 1 aromatic heterocycles. The van der Waals surface area contributed by atoms with Crippen LogP contribution in [-0.4, -0.2) is 36.4 Å². The molecular formula is C34H58GeN2O2. The van der Waals surface area contributed by atoms with Crippen molar-refractivity contribution < 1.29 is 9.47 Å². The summed E-state index contributed by atoms with van der Waals surface area (Å²) in [5.41, 5.74) is 0.999. The Morgan fingerprint density at radius 2 is 1.00 bits per heavy atom. The van der Waals surface area contributed by atoms with E-state index in [9.17, 15) is 0 Å². The van der Waals surface area contributed by atoms with Gasteiger partial charge in [-0.1, -0.05) is 51.9 Å². The zero-order chi connectivity index (χ0) is 28.0. The molecule has 0 aliphatic rings. The van der Waals surface area contributed by atoms with Crippen LogP contribution in [0.1, 0.15) is 118 Å². The predicted molar refractivity (Wildman–Crippen MR) is 171 cm³/mol. The topological polar surface area (TPSA) is 44.2 Å². The fraction of sp³-hybridized carbons (Fsp3) is 0.706. The Kier molecular flexibility index (Phi) is 18.3. The molecule has 39 heavy (non-hydrogen) atoms. The van der Waals surface area contributed by atoms with Crippen LogP contribution in [0.5, 0.6) is 11.5 Å². The Labute approximate surface area is 243 Å². The molecule has 0 aliphatic carbocycles. The van der Waals surface area contributed by atoms with Crippen LogP contribution in [0.15, 0.2) is 36.7 Å². The third-order valence-electron chi connectivity index (χ3n) is 8.63. The van der Waals surface area contributed by atoms with Crippen molar-refractivity contribution >= 4 is 13.3 Å². The molecule has 0 amide bonds. The van der Waals surface area contributed by atoms with E-state index >= 15 is 0 Å². The molecule has 1 heterocycles. The first-order chi connectivity index (χ1) is 19.2. The van der Waals surface area contributed by atoms with Gasteiger partial charge in [0.15, 0.2) is 11.6 Å². The maximum absolute atomic E-state index is 5.98. The van der Waals surface area contributed by atoms with E-state index in [-0.39, 0.29) is 0 Å². The van der Waals surface area contributed by atoms with Crippen LogP contribution >= 0.6 is 0 Å². The fourth-order valence-electron chi connectivity index (χ4n) is 5.45. The van der Waals surface area contributed by atoms with Gasteiger partial charge in [-0.05, 0) is 6.42 Å². The molecule has 0 atom stereocenters. The average molecular weight is 599 g/mol. The molecule has 0 spiro atoms. The summed E-state index contributed by atoms with van der Waals surface area (Å²) in [4.78, 5) is 9.01. The van der Waals surface area contributed by atoms with Gasteiger partial charge < -0.3 is 4.74 Å². The smallest absolute Gasteiger partial charge is 0.233 e. The molecule has 5 heteroatoms. The van der Waals surface area contributed by atoms with E-state index in [1.54, 1.807) is 17.6 Å². The first-order valence-electron chi connectivity index (χ1n) is 16.3. The zero-order valence-corrected chi connectivity index (χ0v) is 27.9. The second kappa shape index (κ2) is 21.2. The first-order valence-corrected chi connectivity index (χ1v) is 22.3.